The first-order valence-electron chi connectivity index (χ1n) is 6.22. The molecule has 0 aliphatic heterocycles. The number of aryl methyl sites for hydroxylation is 1. The lowest BCUT2D eigenvalue weighted by molar-refractivity contribution is -0.139. The normalized spacial score (nSPS) is 10.2. The number of hydrogen-bond acceptors (Lipinski definition) is 4. The average molecular weight is 289 g/mol. The van der Waals surface area contributed by atoms with E-state index in [2.05, 4.69) is 10.4 Å². The summed E-state index contributed by atoms with van der Waals surface area (Å²) < 4.78 is 6.63. The first-order chi connectivity index (χ1) is 9.97. The molecular formula is C14H15N3O4. The molecule has 0 saturated heterocycles. The Morgan fingerprint density at radius 2 is 2.00 bits per heavy atom. The Balaban J connectivity index is 2.01. The standard InChI is InChI=1S/C14H15N3O4/c1-9-12(7-15-17(9)2)14(20)16-10-3-5-11(6-4-10)21-8-13(18)19/h3-7H,8H2,1-2H3,(H,16,20)(H,18,19). The van der Waals surface area contributed by atoms with Crippen molar-refractivity contribution in [2.45, 2.75) is 6.92 Å². The summed E-state index contributed by atoms with van der Waals surface area (Å²) in [6, 6.07) is 6.46. The second kappa shape index (κ2) is 6.08. The first kappa shape index (κ1) is 14.6. The number of anilines is 1. The number of benzene rings is 1. The maximum absolute atomic E-state index is 12.1. The number of carboxylic acid groups (broad SMARTS) is 1. The molecule has 1 heterocycles. The van der Waals surface area contributed by atoms with Crippen LogP contribution >= 0.6 is 0 Å². The zero-order valence-electron chi connectivity index (χ0n) is 11.7. The van der Waals surface area contributed by atoms with Gasteiger partial charge in [0.1, 0.15) is 5.75 Å². The Labute approximate surface area is 121 Å². The Kier molecular flexibility index (Phi) is 4.22. The smallest absolute Gasteiger partial charge is 0.341 e. The van der Waals surface area contributed by atoms with E-state index in [1.165, 1.54) is 6.20 Å². The highest BCUT2D eigenvalue weighted by Crippen LogP contribution is 2.17. The maximum atomic E-state index is 12.1. The molecule has 0 bridgehead atoms. The van der Waals surface area contributed by atoms with Crippen LogP contribution in [-0.4, -0.2) is 33.4 Å². The number of nitrogens with one attached hydrogen (secondary N) is 1. The summed E-state index contributed by atoms with van der Waals surface area (Å²) in [5.41, 5.74) is 1.86. The van der Waals surface area contributed by atoms with Gasteiger partial charge in [-0.3, -0.25) is 9.48 Å². The molecule has 0 aliphatic rings. The topological polar surface area (TPSA) is 93.4 Å². The number of ether oxygens (including phenoxy) is 1. The number of carboxylic acids is 1. The van der Waals surface area contributed by atoms with Gasteiger partial charge in [0.05, 0.1) is 11.8 Å². The molecule has 0 unspecified atom stereocenters. The molecule has 0 spiro atoms. The van der Waals surface area contributed by atoms with Gasteiger partial charge in [-0.1, -0.05) is 0 Å². The highest BCUT2D eigenvalue weighted by molar-refractivity contribution is 6.04. The minimum absolute atomic E-state index is 0.250. The summed E-state index contributed by atoms with van der Waals surface area (Å²) in [5.74, 6) is -0.868. The Hall–Kier alpha value is -2.83. The molecular weight excluding hydrogens is 274 g/mol. The van der Waals surface area contributed by atoms with Crippen LogP contribution in [0.1, 0.15) is 16.1 Å². The Morgan fingerprint density at radius 1 is 1.33 bits per heavy atom. The van der Waals surface area contributed by atoms with Crippen LogP contribution in [0.4, 0.5) is 5.69 Å². The van der Waals surface area contributed by atoms with Gasteiger partial charge in [0.15, 0.2) is 6.61 Å². The van der Waals surface area contributed by atoms with Gasteiger partial charge in [-0.2, -0.15) is 5.10 Å². The third-order valence-corrected chi connectivity index (χ3v) is 2.95. The lowest BCUT2D eigenvalue weighted by Crippen LogP contribution is -2.13. The van der Waals surface area contributed by atoms with E-state index in [9.17, 15) is 9.59 Å². The summed E-state index contributed by atoms with van der Waals surface area (Å²) in [6.45, 7) is 1.41. The van der Waals surface area contributed by atoms with Crippen molar-refractivity contribution in [1.29, 1.82) is 0 Å². The first-order valence-corrected chi connectivity index (χ1v) is 6.22. The van der Waals surface area contributed by atoms with E-state index in [-0.39, 0.29) is 5.91 Å². The Morgan fingerprint density at radius 3 is 2.52 bits per heavy atom. The van der Waals surface area contributed by atoms with Crippen LogP contribution in [0.2, 0.25) is 0 Å². The van der Waals surface area contributed by atoms with Gasteiger partial charge >= 0.3 is 5.97 Å². The fourth-order valence-electron chi connectivity index (χ4n) is 1.70. The molecule has 0 fully saturated rings. The van der Waals surface area contributed by atoms with Crippen molar-refractivity contribution in [3.8, 4) is 5.75 Å². The maximum Gasteiger partial charge on any atom is 0.341 e. The number of aromatic nitrogens is 2. The van der Waals surface area contributed by atoms with Crippen molar-refractivity contribution in [3.05, 3.63) is 41.7 Å². The molecule has 1 aromatic carbocycles. The van der Waals surface area contributed by atoms with E-state index in [0.29, 0.717) is 17.0 Å². The molecule has 2 rings (SSSR count). The molecule has 0 atom stereocenters. The van der Waals surface area contributed by atoms with Gasteiger partial charge in [0.25, 0.3) is 5.91 Å². The molecule has 0 saturated carbocycles. The van der Waals surface area contributed by atoms with Crippen molar-refractivity contribution in [2.75, 3.05) is 11.9 Å². The van der Waals surface area contributed by atoms with Crippen LogP contribution in [-0.2, 0) is 11.8 Å². The minimum Gasteiger partial charge on any atom is -0.482 e. The molecule has 21 heavy (non-hydrogen) atoms. The zero-order valence-corrected chi connectivity index (χ0v) is 11.7. The zero-order chi connectivity index (χ0) is 15.4. The summed E-state index contributed by atoms with van der Waals surface area (Å²) >= 11 is 0. The van der Waals surface area contributed by atoms with Gasteiger partial charge in [-0.25, -0.2) is 4.79 Å². The van der Waals surface area contributed by atoms with Crippen LogP contribution < -0.4 is 10.1 Å². The van der Waals surface area contributed by atoms with Crippen molar-refractivity contribution < 1.29 is 19.4 Å². The van der Waals surface area contributed by atoms with E-state index in [1.54, 1.807) is 36.0 Å². The third-order valence-electron chi connectivity index (χ3n) is 2.95. The third kappa shape index (κ3) is 3.59. The molecule has 0 aliphatic carbocycles. The quantitative estimate of drug-likeness (QED) is 0.868. The van der Waals surface area contributed by atoms with Crippen LogP contribution in [0, 0.1) is 6.92 Å². The fraction of sp³-hybridized carbons (Fsp3) is 0.214. The summed E-state index contributed by atoms with van der Waals surface area (Å²) in [5, 5.41) is 15.3. The lowest BCUT2D eigenvalue weighted by atomic mass is 10.2. The van der Waals surface area contributed by atoms with E-state index >= 15 is 0 Å². The second-order valence-corrected chi connectivity index (χ2v) is 4.43. The molecule has 110 valence electrons. The van der Waals surface area contributed by atoms with Crippen molar-refractivity contribution >= 4 is 17.6 Å². The Bertz CT molecular complexity index is 661. The molecule has 7 nitrogen and oxygen atoms in total. The number of carbonyl (C=O) groups is 2. The van der Waals surface area contributed by atoms with Crippen LogP contribution in [0.15, 0.2) is 30.5 Å². The highest BCUT2D eigenvalue weighted by Gasteiger charge is 2.12. The van der Waals surface area contributed by atoms with Gasteiger partial charge in [0.2, 0.25) is 0 Å². The number of carbonyl (C=O) groups excluding carboxylic acids is 1. The van der Waals surface area contributed by atoms with Gasteiger partial charge in [-0.05, 0) is 31.2 Å². The summed E-state index contributed by atoms with van der Waals surface area (Å²) in [4.78, 5) is 22.5. The number of rotatable bonds is 5. The molecule has 0 radical (unpaired) electrons. The van der Waals surface area contributed by atoms with Crippen LogP contribution in [0.25, 0.3) is 0 Å². The largest absolute Gasteiger partial charge is 0.482 e. The molecule has 1 amide bonds. The van der Waals surface area contributed by atoms with Crippen LogP contribution in [0.3, 0.4) is 0 Å². The van der Waals surface area contributed by atoms with Crippen LogP contribution in [0.5, 0.6) is 5.75 Å². The van der Waals surface area contributed by atoms with Gasteiger partial charge in [0, 0.05) is 18.4 Å². The van der Waals surface area contributed by atoms with E-state index in [4.69, 9.17) is 9.84 Å². The number of nitrogens with zero attached hydrogens (tertiary/aromatic N) is 2. The van der Waals surface area contributed by atoms with Gasteiger partial charge in [-0.15, -0.1) is 0 Å². The fourth-order valence-corrected chi connectivity index (χ4v) is 1.70. The molecule has 2 aromatic rings. The minimum atomic E-state index is -1.04. The molecule has 2 N–H and O–H groups in total. The van der Waals surface area contributed by atoms with Crippen molar-refractivity contribution in [2.24, 2.45) is 7.05 Å². The molecule has 7 heteroatoms. The average Bonchev–Trinajstić information content (AvgIpc) is 2.78. The number of amides is 1. The summed E-state index contributed by atoms with van der Waals surface area (Å²) in [7, 11) is 1.76. The monoisotopic (exact) mass is 289 g/mol. The van der Waals surface area contributed by atoms with E-state index in [1.807, 2.05) is 6.92 Å². The lowest BCUT2D eigenvalue weighted by Gasteiger charge is -2.07. The highest BCUT2D eigenvalue weighted by atomic mass is 16.5. The van der Waals surface area contributed by atoms with Crippen molar-refractivity contribution in [3.63, 3.8) is 0 Å². The summed E-state index contributed by atoms with van der Waals surface area (Å²) in [6.07, 6.45) is 1.51. The predicted molar refractivity (Wildman–Crippen MR) is 75.5 cm³/mol. The van der Waals surface area contributed by atoms with Gasteiger partial charge < -0.3 is 15.2 Å². The van der Waals surface area contributed by atoms with E-state index in [0.717, 1.165) is 5.69 Å². The molecule has 1 aromatic heterocycles. The van der Waals surface area contributed by atoms with E-state index < -0.39 is 12.6 Å². The SMILES string of the molecule is Cc1c(C(=O)Nc2ccc(OCC(=O)O)cc2)cnn1C. The second-order valence-electron chi connectivity index (χ2n) is 4.43. The number of aliphatic carboxylic acids is 1. The number of hydrogen-bond donors (Lipinski definition) is 2. The van der Waals surface area contributed by atoms with Crippen molar-refractivity contribution in [1.82, 2.24) is 9.78 Å². The predicted octanol–water partition coefficient (Wildman–Crippen LogP) is 1.44.